The lowest BCUT2D eigenvalue weighted by atomic mass is 10.1. The van der Waals surface area contributed by atoms with Crippen LogP contribution in [0.2, 0.25) is 0 Å². The Kier molecular flexibility index (Phi) is 5.20. The van der Waals surface area contributed by atoms with Gasteiger partial charge >= 0.3 is 0 Å². The van der Waals surface area contributed by atoms with Crippen LogP contribution in [-0.4, -0.2) is 37.0 Å². The average Bonchev–Trinajstić information content (AvgIpc) is 2.94. The van der Waals surface area contributed by atoms with Crippen molar-refractivity contribution in [1.82, 2.24) is 4.90 Å². The molecule has 1 saturated heterocycles. The zero-order chi connectivity index (χ0) is 12.8. The van der Waals surface area contributed by atoms with Gasteiger partial charge in [-0.1, -0.05) is 13.3 Å². The number of nitrogens with zero attached hydrogens (tertiary/aromatic N) is 2. The zero-order valence-electron chi connectivity index (χ0n) is 11.1. The molecule has 2 heterocycles. The van der Waals surface area contributed by atoms with Gasteiger partial charge in [0.25, 0.3) is 0 Å². The van der Waals surface area contributed by atoms with Crippen molar-refractivity contribution in [3.8, 4) is 0 Å². The van der Waals surface area contributed by atoms with E-state index in [1.54, 1.807) is 11.3 Å². The number of carbonyl (C=O) groups is 1. The van der Waals surface area contributed by atoms with Gasteiger partial charge in [-0.2, -0.15) is 0 Å². The van der Waals surface area contributed by atoms with Gasteiger partial charge in [-0.3, -0.25) is 4.79 Å². The summed E-state index contributed by atoms with van der Waals surface area (Å²) in [6, 6.07) is 4.05. The van der Waals surface area contributed by atoms with Crippen LogP contribution in [0.4, 0.5) is 5.00 Å². The standard InChI is InChI=1S/C14H22N2OS/c1-2-13(17)16(14-7-6-12-18-14)11-10-15-8-4-3-5-9-15/h6-7,12H,2-5,8-11H2,1H3. The molecule has 0 bridgehead atoms. The SMILES string of the molecule is CCC(=O)N(CCN1CCCCC1)c1cccs1. The van der Waals surface area contributed by atoms with Gasteiger partial charge in [-0.05, 0) is 43.4 Å². The van der Waals surface area contributed by atoms with Crippen molar-refractivity contribution in [2.45, 2.75) is 32.6 Å². The summed E-state index contributed by atoms with van der Waals surface area (Å²) in [6.07, 6.45) is 4.55. The topological polar surface area (TPSA) is 23.6 Å². The number of amides is 1. The van der Waals surface area contributed by atoms with E-state index in [0.717, 1.165) is 18.1 Å². The fourth-order valence-corrected chi connectivity index (χ4v) is 3.17. The second-order valence-corrected chi connectivity index (χ2v) is 5.68. The molecule has 100 valence electrons. The molecule has 18 heavy (non-hydrogen) atoms. The molecular weight excluding hydrogens is 244 g/mol. The Morgan fingerprint density at radius 3 is 2.78 bits per heavy atom. The van der Waals surface area contributed by atoms with E-state index in [1.165, 1.54) is 32.4 Å². The Hall–Kier alpha value is -0.870. The molecule has 0 aromatic carbocycles. The monoisotopic (exact) mass is 266 g/mol. The van der Waals surface area contributed by atoms with Crippen molar-refractivity contribution >= 4 is 22.2 Å². The molecule has 0 unspecified atom stereocenters. The largest absolute Gasteiger partial charge is 0.303 e. The van der Waals surface area contributed by atoms with Crippen molar-refractivity contribution in [3.05, 3.63) is 17.5 Å². The lowest BCUT2D eigenvalue weighted by Gasteiger charge is -2.29. The Morgan fingerprint density at radius 1 is 1.39 bits per heavy atom. The Labute approximate surface area is 113 Å². The summed E-state index contributed by atoms with van der Waals surface area (Å²) in [6.45, 7) is 6.15. The molecule has 0 aliphatic carbocycles. The molecular formula is C14H22N2OS. The van der Waals surface area contributed by atoms with E-state index in [9.17, 15) is 4.79 Å². The van der Waals surface area contributed by atoms with Crippen molar-refractivity contribution in [3.63, 3.8) is 0 Å². The van der Waals surface area contributed by atoms with E-state index in [2.05, 4.69) is 4.90 Å². The number of thiophene rings is 1. The second kappa shape index (κ2) is 6.90. The van der Waals surface area contributed by atoms with Crippen LogP contribution in [0.5, 0.6) is 0 Å². The molecule has 3 nitrogen and oxygen atoms in total. The summed E-state index contributed by atoms with van der Waals surface area (Å²) in [5.41, 5.74) is 0. The molecule has 1 amide bonds. The lowest BCUT2D eigenvalue weighted by Crippen LogP contribution is -2.40. The second-order valence-electron chi connectivity index (χ2n) is 4.75. The molecule has 1 aliphatic rings. The van der Waals surface area contributed by atoms with Crippen LogP contribution in [0.15, 0.2) is 17.5 Å². The van der Waals surface area contributed by atoms with Crippen molar-refractivity contribution in [2.75, 3.05) is 31.1 Å². The third kappa shape index (κ3) is 3.56. The maximum Gasteiger partial charge on any atom is 0.227 e. The number of hydrogen-bond acceptors (Lipinski definition) is 3. The van der Waals surface area contributed by atoms with E-state index in [4.69, 9.17) is 0 Å². The minimum absolute atomic E-state index is 0.231. The number of piperidine rings is 1. The van der Waals surface area contributed by atoms with E-state index in [1.807, 2.05) is 29.3 Å². The number of likely N-dealkylation sites (tertiary alicyclic amines) is 1. The van der Waals surface area contributed by atoms with Crippen molar-refractivity contribution < 1.29 is 4.79 Å². The van der Waals surface area contributed by atoms with Gasteiger partial charge in [0.2, 0.25) is 5.91 Å². The predicted molar refractivity (Wildman–Crippen MR) is 77.3 cm³/mol. The minimum Gasteiger partial charge on any atom is -0.303 e. The van der Waals surface area contributed by atoms with Gasteiger partial charge in [-0.15, -0.1) is 11.3 Å². The Balaban J connectivity index is 1.91. The Bertz CT molecular complexity index is 358. The van der Waals surface area contributed by atoms with Crippen LogP contribution < -0.4 is 4.90 Å². The molecule has 1 aromatic heterocycles. The highest BCUT2D eigenvalue weighted by Crippen LogP contribution is 2.22. The smallest absolute Gasteiger partial charge is 0.227 e. The summed E-state index contributed by atoms with van der Waals surface area (Å²) in [5.74, 6) is 0.231. The van der Waals surface area contributed by atoms with E-state index in [-0.39, 0.29) is 5.91 Å². The van der Waals surface area contributed by atoms with E-state index in [0.29, 0.717) is 6.42 Å². The van der Waals surface area contributed by atoms with Gasteiger partial charge < -0.3 is 9.80 Å². The highest BCUT2D eigenvalue weighted by Gasteiger charge is 2.17. The first-order valence-corrected chi connectivity index (χ1v) is 7.75. The average molecular weight is 266 g/mol. The summed E-state index contributed by atoms with van der Waals surface area (Å²) in [7, 11) is 0. The number of rotatable bonds is 5. The summed E-state index contributed by atoms with van der Waals surface area (Å²) < 4.78 is 0. The molecule has 0 N–H and O–H groups in total. The molecule has 0 saturated carbocycles. The molecule has 0 spiro atoms. The maximum absolute atomic E-state index is 12.0. The van der Waals surface area contributed by atoms with Gasteiger partial charge in [0.05, 0.1) is 5.00 Å². The molecule has 1 fully saturated rings. The van der Waals surface area contributed by atoms with Crippen LogP contribution in [-0.2, 0) is 4.79 Å². The first-order chi connectivity index (χ1) is 8.81. The number of hydrogen-bond donors (Lipinski definition) is 0. The van der Waals surface area contributed by atoms with E-state index >= 15 is 0 Å². The summed E-state index contributed by atoms with van der Waals surface area (Å²) >= 11 is 1.65. The predicted octanol–water partition coefficient (Wildman–Crippen LogP) is 2.98. The minimum atomic E-state index is 0.231. The number of anilines is 1. The van der Waals surface area contributed by atoms with Gasteiger partial charge in [0.15, 0.2) is 0 Å². The van der Waals surface area contributed by atoms with Crippen LogP contribution in [0, 0.1) is 0 Å². The van der Waals surface area contributed by atoms with Crippen LogP contribution in [0.1, 0.15) is 32.6 Å². The molecule has 2 rings (SSSR count). The maximum atomic E-state index is 12.0. The third-order valence-corrected chi connectivity index (χ3v) is 4.36. The van der Waals surface area contributed by atoms with Crippen LogP contribution in [0.3, 0.4) is 0 Å². The van der Waals surface area contributed by atoms with E-state index < -0.39 is 0 Å². The quantitative estimate of drug-likeness (QED) is 0.818. The molecule has 1 aliphatic heterocycles. The zero-order valence-corrected chi connectivity index (χ0v) is 11.9. The number of carbonyl (C=O) groups excluding carboxylic acids is 1. The van der Waals surface area contributed by atoms with Crippen molar-refractivity contribution in [2.24, 2.45) is 0 Å². The Morgan fingerprint density at radius 2 is 2.17 bits per heavy atom. The molecule has 1 aromatic rings. The molecule has 0 radical (unpaired) electrons. The van der Waals surface area contributed by atoms with Gasteiger partial charge in [0.1, 0.15) is 0 Å². The fraction of sp³-hybridized carbons (Fsp3) is 0.643. The highest BCUT2D eigenvalue weighted by atomic mass is 32.1. The first-order valence-electron chi connectivity index (χ1n) is 6.87. The molecule has 4 heteroatoms. The summed E-state index contributed by atoms with van der Waals surface area (Å²) in [4.78, 5) is 16.4. The van der Waals surface area contributed by atoms with Crippen molar-refractivity contribution in [1.29, 1.82) is 0 Å². The normalized spacial score (nSPS) is 16.7. The van der Waals surface area contributed by atoms with Crippen LogP contribution in [0.25, 0.3) is 0 Å². The van der Waals surface area contributed by atoms with Crippen LogP contribution >= 0.6 is 11.3 Å². The highest BCUT2D eigenvalue weighted by molar-refractivity contribution is 7.14. The molecule has 0 atom stereocenters. The lowest BCUT2D eigenvalue weighted by molar-refractivity contribution is -0.118. The van der Waals surface area contributed by atoms with Gasteiger partial charge in [0, 0.05) is 19.5 Å². The summed E-state index contributed by atoms with van der Waals surface area (Å²) in [5, 5.41) is 3.12. The first kappa shape index (κ1) is 13.6. The van der Waals surface area contributed by atoms with Gasteiger partial charge in [-0.25, -0.2) is 0 Å². The fourth-order valence-electron chi connectivity index (χ4n) is 2.40. The third-order valence-electron chi connectivity index (χ3n) is 3.46.